The molecule has 1 N–H and O–H groups in total. The lowest BCUT2D eigenvalue weighted by atomic mass is 9.87. The number of benzene rings is 1. The van der Waals surface area contributed by atoms with E-state index in [-0.39, 0.29) is 11.5 Å². The van der Waals surface area contributed by atoms with Gasteiger partial charge in [0.2, 0.25) is 0 Å². The summed E-state index contributed by atoms with van der Waals surface area (Å²) in [6, 6.07) is 9.99. The third-order valence-corrected chi connectivity index (χ3v) is 3.16. The minimum atomic E-state index is -0.724. The van der Waals surface area contributed by atoms with Crippen molar-refractivity contribution in [3.8, 4) is 0 Å². The van der Waals surface area contributed by atoms with E-state index in [0.717, 1.165) is 18.4 Å². The first kappa shape index (κ1) is 14.2. The van der Waals surface area contributed by atoms with Crippen LogP contribution in [0.4, 0.5) is 0 Å². The molecule has 0 spiro atoms. The van der Waals surface area contributed by atoms with Crippen molar-refractivity contribution in [2.45, 2.75) is 52.9 Å². The second-order valence-electron chi connectivity index (χ2n) is 5.28. The third-order valence-electron chi connectivity index (χ3n) is 3.16. The van der Waals surface area contributed by atoms with Gasteiger partial charge >= 0.3 is 0 Å². The van der Waals surface area contributed by atoms with Crippen molar-refractivity contribution in [3.05, 3.63) is 35.9 Å². The van der Waals surface area contributed by atoms with E-state index in [1.54, 1.807) is 0 Å². The molecule has 0 amide bonds. The summed E-state index contributed by atoms with van der Waals surface area (Å²) in [5.74, 6) is 0. The van der Waals surface area contributed by atoms with Crippen LogP contribution in [0.3, 0.4) is 0 Å². The molecular formula is C15H24O2. The predicted molar refractivity (Wildman–Crippen MR) is 70.6 cm³/mol. The van der Waals surface area contributed by atoms with Gasteiger partial charge in [-0.3, -0.25) is 0 Å². The fourth-order valence-electron chi connectivity index (χ4n) is 1.95. The van der Waals surface area contributed by atoms with Crippen molar-refractivity contribution in [1.82, 2.24) is 0 Å². The number of rotatable bonds is 6. The smallest absolute Gasteiger partial charge is 0.160 e. The molecule has 0 aliphatic rings. The molecule has 96 valence electrons. The summed E-state index contributed by atoms with van der Waals surface area (Å²) in [6.07, 6.45) is 1.20. The van der Waals surface area contributed by atoms with Gasteiger partial charge in [0.15, 0.2) is 6.29 Å². The zero-order valence-electron chi connectivity index (χ0n) is 11.3. The number of hydrogen-bond acceptors (Lipinski definition) is 2. The molecule has 0 heterocycles. The fraction of sp³-hybridized carbons (Fsp3) is 0.600. The summed E-state index contributed by atoms with van der Waals surface area (Å²) in [7, 11) is 0. The lowest BCUT2D eigenvalue weighted by Gasteiger charge is -2.32. The minimum Gasteiger partial charge on any atom is -0.367 e. The van der Waals surface area contributed by atoms with Gasteiger partial charge in [0, 0.05) is 5.41 Å². The average Bonchev–Trinajstić information content (AvgIpc) is 2.30. The quantitative estimate of drug-likeness (QED) is 0.759. The van der Waals surface area contributed by atoms with Crippen LogP contribution >= 0.6 is 0 Å². The number of aliphatic hydroxyl groups is 1. The molecule has 0 bridgehead atoms. The van der Waals surface area contributed by atoms with Crippen LogP contribution in [0.15, 0.2) is 30.3 Å². The lowest BCUT2D eigenvalue weighted by molar-refractivity contribution is -0.192. The van der Waals surface area contributed by atoms with Gasteiger partial charge in [-0.05, 0) is 18.9 Å². The normalized spacial score (nSPS) is 15.6. The summed E-state index contributed by atoms with van der Waals surface area (Å²) in [5.41, 5.74) is 0.900. The van der Waals surface area contributed by atoms with Crippen molar-refractivity contribution in [1.29, 1.82) is 0 Å². The largest absolute Gasteiger partial charge is 0.367 e. The van der Waals surface area contributed by atoms with Crippen molar-refractivity contribution in [2.24, 2.45) is 5.41 Å². The molecule has 0 saturated carbocycles. The van der Waals surface area contributed by atoms with E-state index in [1.807, 2.05) is 51.1 Å². The van der Waals surface area contributed by atoms with Crippen molar-refractivity contribution >= 4 is 0 Å². The Morgan fingerprint density at radius 1 is 1.24 bits per heavy atom. The fourth-order valence-corrected chi connectivity index (χ4v) is 1.95. The topological polar surface area (TPSA) is 29.5 Å². The highest BCUT2D eigenvalue weighted by atomic mass is 16.6. The Bertz CT molecular complexity index is 319. The summed E-state index contributed by atoms with van der Waals surface area (Å²) in [5, 5.41) is 10.1. The van der Waals surface area contributed by atoms with Gasteiger partial charge in [-0.1, -0.05) is 57.5 Å². The van der Waals surface area contributed by atoms with Gasteiger partial charge in [-0.15, -0.1) is 0 Å². The molecule has 17 heavy (non-hydrogen) atoms. The van der Waals surface area contributed by atoms with Crippen molar-refractivity contribution in [3.63, 3.8) is 0 Å². The average molecular weight is 236 g/mol. The van der Waals surface area contributed by atoms with Crippen LogP contribution < -0.4 is 0 Å². The van der Waals surface area contributed by atoms with Gasteiger partial charge < -0.3 is 9.84 Å². The highest BCUT2D eigenvalue weighted by Crippen LogP contribution is 2.31. The molecular weight excluding hydrogens is 212 g/mol. The number of hydrogen-bond donors (Lipinski definition) is 1. The maximum atomic E-state index is 10.1. The Hall–Kier alpha value is -0.860. The number of aliphatic hydroxyl groups excluding tert-OH is 1. The molecule has 2 nitrogen and oxygen atoms in total. The van der Waals surface area contributed by atoms with Crippen LogP contribution in [-0.2, 0) is 4.74 Å². The van der Waals surface area contributed by atoms with Crippen molar-refractivity contribution < 1.29 is 9.84 Å². The first-order chi connectivity index (χ1) is 7.97. The maximum Gasteiger partial charge on any atom is 0.160 e. The molecule has 0 aromatic heterocycles. The van der Waals surface area contributed by atoms with Crippen LogP contribution in [0.2, 0.25) is 0 Å². The lowest BCUT2D eigenvalue weighted by Crippen LogP contribution is -2.32. The maximum absolute atomic E-state index is 10.1. The molecule has 1 aromatic rings. The van der Waals surface area contributed by atoms with Crippen LogP contribution in [0.1, 0.15) is 52.2 Å². The summed E-state index contributed by atoms with van der Waals surface area (Å²) in [6.45, 7) is 8.17. The highest BCUT2D eigenvalue weighted by Gasteiger charge is 2.29. The Labute approximate surface area is 105 Å². The Morgan fingerprint density at radius 3 is 2.35 bits per heavy atom. The second-order valence-corrected chi connectivity index (χ2v) is 5.28. The summed E-state index contributed by atoms with van der Waals surface area (Å²) < 4.78 is 5.71. The van der Waals surface area contributed by atoms with E-state index in [9.17, 15) is 5.11 Å². The van der Waals surface area contributed by atoms with Gasteiger partial charge in [-0.2, -0.15) is 0 Å². The van der Waals surface area contributed by atoms with E-state index in [2.05, 4.69) is 6.92 Å². The van der Waals surface area contributed by atoms with E-state index >= 15 is 0 Å². The third kappa shape index (κ3) is 4.14. The van der Waals surface area contributed by atoms with Crippen LogP contribution in [0, 0.1) is 5.41 Å². The Morgan fingerprint density at radius 2 is 1.82 bits per heavy atom. The molecule has 1 aromatic carbocycles. The Kier molecular flexibility index (Phi) is 5.16. The van der Waals surface area contributed by atoms with Gasteiger partial charge in [0.25, 0.3) is 0 Å². The van der Waals surface area contributed by atoms with E-state index < -0.39 is 6.29 Å². The monoisotopic (exact) mass is 236 g/mol. The summed E-state index contributed by atoms with van der Waals surface area (Å²) >= 11 is 0. The van der Waals surface area contributed by atoms with E-state index in [0.29, 0.717) is 0 Å². The predicted octanol–water partition coefficient (Wildman–Crippen LogP) is 3.91. The minimum absolute atomic E-state index is 0.0812. The molecule has 0 aliphatic heterocycles. The number of ether oxygens (including phenoxy) is 1. The molecule has 0 radical (unpaired) electrons. The molecule has 0 fully saturated rings. The van der Waals surface area contributed by atoms with E-state index in [4.69, 9.17) is 4.74 Å². The zero-order chi connectivity index (χ0) is 12.9. The van der Waals surface area contributed by atoms with Gasteiger partial charge in [-0.25, -0.2) is 0 Å². The standard InChI is InChI=1S/C15H24O2/c1-5-11-15(3,4)14(16)17-12(2)13-9-7-6-8-10-13/h6-10,12,14,16H,5,11H2,1-4H3/t12?,14-/m1/s1. The second kappa shape index (κ2) is 6.18. The SMILES string of the molecule is CCCC(C)(C)[C@H](O)OC(C)c1ccccc1. The zero-order valence-corrected chi connectivity index (χ0v) is 11.3. The molecule has 0 saturated heterocycles. The van der Waals surface area contributed by atoms with Crippen LogP contribution in [-0.4, -0.2) is 11.4 Å². The molecule has 1 unspecified atom stereocenters. The van der Waals surface area contributed by atoms with Crippen LogP contribution in [0.5, 0.6) is 0 Å². The Balaban J connectivity index is 2.60. The molecule has 0 aliphatic carbocycles. The van der Waals surface area contributed by atoms with E-state index in [1.165, 1.54) is 0 Å². The molecule has 2 atom stereocenters. The highest BCUT2D eigenvalue weighted by molar-refractivity contribution is 5.16. The first-order valence-corrected chi connectivity index (χ1v) is 6.36. The van der Waals surface area contributed by atoms with Gasteiger partial charge in [0.05, 0.1) is 6.10 Å². The molecule has 2 heteroatoms. The summed E-state index contributed by atoms with van der Waals surface area (Å²) in [4.78, 5) is 0. The molecule has 1 rings (SSSR count). The van der Waals surface area contributed by atoms with Crippen molar-refractivity contribution in [2.75, 3.05) is 0 Å². The van der Waals surface area contributed by atoms with Gasteiger partial charge in [0.1, 0.15) is 0 Å². The van der Waals surface area contributed by atoms with Crippen LogP contribution in [0.25, 0.3) is 0 Å². The first-order valence-electron chi connectivity index (χ1n) is 6.36.